The summed E-state index contributed by atoms with van der Waals surface area (Å²) in [4.78, 5) is 27.4. The molecule has 0 unspecified atom stereocenters. The monoisotopic (exact) mass is 447 g/mol. The van der Waals surface area contributed by atoms with E-state index in [-0.39, 0.29) is 24.9 Å². The van der Waals surface area contributed by atoms with Gasteiger partial charge in [-0.05, 0) is 54.7 Å². The lowest BCUT2D eigenvalue weighted by Gasteiger charge is -2.33. The van der Waals surface area contributed by atoms with Crippen molar-refractivity contribution in [1.29, 1.82) is 0 Å². The molecule has 0 radical (unpaired) electrons. The summed E-state index contributed by atoms with van der Waals surface area (Å²) in [5, 5.41) is 2.72. The summed E-state index contributed by atoms with van der Waals surface area (Å²) >= 11 is 1.35. The quantitative estimate of drug-likeness (QED) is 0.760. The molecule has 0 atom stereocenters. The topological polar surface area (TPSA) is 86.8 Å². The fourth-order valence-electron chi connectivity index (χ4n) is 3.94. The lowest BCUT2D eigenvalue weighted by Crippen LogP contribution is -2.50. The molecular formula is C21H25N3O4S2. The van der Waals surface area contributed by atoms with Crippen molar-refractivity contribution in [1.82, 2.24) is 14.5 Å². The summed E-state index contributed by atoms with van der Waals surface area (Å²) in [5.41, 5.74) is 2.39. The van der Waals surface area contributed by atoms with Crippen molar-refractivity contribution < 1.29 is 18.0 Å². The Hall–Kier alpha value is -2.23. The first-order valence-corrected chi connectivity index (χ1v) is 12.3. The number of thiophene rings is 1. The molecule has 1 aliphatic heterocycles. The van der Waals surface area contributed by atoms with E-state index in [1.54, 1.807) is 17.0 Å². The van der Waals surface area contributed by atoms with E-state index in [1.165, 1.54) is 28.1 Å². The number of fused-ring (bicyclic) bond motifs is 1. The van der Waals surface area contributed by atoms with Gasteiger partial charge in [0.05, 0.1) is 16.3 Å². The molecule has 160 valence electrons. The number of amides is 2. The molecule has 9 heteroatoms. The average molecular weight is 448 g/mol. The van der Waals surface area contributed by atoms with Crippen LogP contribution in [0.3, 0.4) is 0 Å². The lowest BCUT2D eigenvalue weighted by atomic mass is 10.1. The summed E-state index contributed by atoms with van der Waals surface area (Å²) in [6.45, 7) is 3.16. The van der Waals surface area contributed by atoms with Gasteiger partial charge in [0.2, 0.25) is 15.9 Å². The Morgan fingerprint density at radius 2 is 1.77 bits per heavy atom. The Morgan fingerprint density at radius 3 is 2.50 bits per heavy atom. The number of aryl methyl sites for hydroxylation is 2. The fraction of sp³-hybridized carbons (Fsp3) is 0.429. The van der Waals surface area contributed by atoms with Crippen LogP contribution in [0.5, 0.6) is 0 Å². The van der Waals surface area contributed by atoms with Gasteiger partial charge in [-0.2, -0.15) is 4.31 Å². The van der Waals surface area contributed by atoms with Crippen LogP contribution < -0.4 is 5.32 Å². The van der Waals surface area contributed by atoms with E-state index in [2.05, 4.69) is 5.32 Å². The Labute approximate surface area is 180 Å². The van der Waals surface area contributed by atoms with E-state index in [0.717, 1.165) is 29.7 Å². The van der Waals surface area contributed by atoms with Crippen LogP contribution in [0.2, 0.25) is 0 Å². The van der Waals surface area contributed by atoms with Crippen molar-refractivity contribution in [2.75, 3.05) is 26.2 Å². The third-order valence-corrected chi connectivity index (χ3v) is 8.59. The molecule has 30 heavy (non-hydrogen) atoms. The number of benzene rings is 1. The molecule has 2 amide bonds. The summed E-state index contributed by atoms with van der Waals surface area (Å²) < 4.78 is 27.6. The minimum Gasteiger partial charge on any atom is -0.351 e. The largest absolute Gasteiger partial charge is 0.351 e. The van der Waals surface area contributed by atoms with Crippen LogP contribution in [-0.4, -0.2) is 55.6 Å². The first kappa shape index (κ1) is 21.0. The lowest BCUT2D eigenvalue weighted by molar-refractivity contribution is -0.119. The van der Waals surface area contributed by atoms with Crippen molar-refractivity contribution in [2.24, 2.45) is 0 Å². The van der Waals surface area contributed by atoms with Crippen molar-refractivity contribution in [3.8, 4) is 0 Å². The zero-order valence-electron chi connectivity index (χ0n) is 16.9. The van der Waals surface area contributed by atoms with Crippen LogP contribution in [0.25, 0.3) is 0 Å². The third-order valence-electron chi connectivity index (χ3n) is 5.62. The van der Waals surface area contributed by atoms with Gasteiger partial charge < -0.3 is 10.2 Å². The Kier molecular flexibility index (Phi) is 5.95. The number of hydrogen-bond donors (Lipinski definition) is 1. The second kappa shape index (κ2) is 8.49. The molecule has 1 saturated heterocycles. The number of nitrogens with zero attached hydrogens (tertiary/aromatic N) is 2. The number of carbonyl (C=O) groups excluding carboxylic acids is 2. The smallest absolute Gasteiger partial charge is 0.264 e. The van der Waals surface area contributed by atoms with Gasteiger partial charge in [-0.3, -0.25) is 9.59 Å². The van der Waals surface area contributed by atoms with Crippen molar-refractivity contribution in [3.05, 3.63) is 51.2 Å². The summed E-state index contributed by atoms with van der Waals surface area (Å²) in [6, 6.07) is 9.06. The normalized spacial score (nSPS) is 17.0. The van der Waals surface area contributed by atoms with E-state index in [1.807, 2.05) is 18.2 Å². The zero-order chi connectivity index (χ0) is 21.3. The maximum absolute atomic E-state index is 13.1. The number of nitrogens with one attached hydrogen (secondary N) is 1. The predicted octanol–water partition coefficient (Wildman–Crippen LogP) is 2.02. The first-order valence-electron chi connectivity index (χ1n) is 10.1. The number of sulfonamides is 1. The number of rotatable bonds is 5. The molecule has 4 rings (SSSR count). The predicted molar refractivity (Wildman–Crippen MR) is 115 cm³/mol. The summed E-state index contributed by atoms with van der Waals surface area (Å²) in [6.07, 6.45) is 3.03. The zero-order valence-corrected chi connectivity index (χ0v) is 18.5. The van der Waals surface area contributed by atoms with Crippen molar-refractivity contribution >= 4 is 33.2 Å². The molecule has 2 aromatic rings. The van der Waals surface area contributed by atoms with Gasteiger partial charge in [-0.25, -0.2) is 8.42 Å². The Bertz CT molecular complexity index is 1070. The second-order valence-corrected chi connectivity index (χ2v) is 10.8. The standard InChI is InChI=1S/C21H25N3O4S2/c1-15(25)22-14-18-6-8-20(29-18)21(26)23-9-11-24(12-10-23)30(27,28)19-7-5-16-3-2-4-17(16)13-19/h5-8,13H,2-4,9-12,14H2,1H3,(H,22,25). The first-order chi connectivity index (χ1) is 14.3. The highest BCUT2D eigenvalue weighted by Crippen LogP contribution is 2.27. The maximum Gasteiger partial charge on any atom is 0.264 e. The minimum absolute atomic E-state index is 0.0938. The molecule has 7 nitrogen and oxygen atoms in total. The second-order valence-electron chi connectivity index (χ2n) is 7.66. The molecule has 1 fully saturated rings. The van der Waals surface area contributed by atoms with Gasteiger partial charge in [0.25, 0.3) is 5.91 Å². The third kappa shape index (κ3) is 4.28. The van der Waals surface area contributed by atoms with Gasteiger partial charge in [-0.1, -0.05) is 6.07 Å². The fourth-order valence-corrected chi connectivity index (χ4v) is 6.33. The molecule has 1 aromatic heterocycles. The van der Waals surface area contributed by atoms with Gasteiger partial charge >= 0.3 is 0 Å². The molecule has 2 aliphatic rings. The van der Waals surface area contributed by atoms with Crippen molar-refractivity contribution in [2.45, 2.75) is 37.6 Å². The Morgan fingerprint density at radius 1 is 1.03 bits per heavy atom. The molecule has 0 spiro atoms. The SMILES string of the molecule is CC(=O)NCc1ccc(C(=O)N2CCN(S(=O)(=O)c3ccc4c(c3)CCC4)CC2)s1. The van der Waals surface area contributed by atoms with Crippen LogP contribution in [-0.2, 0) is 34.2 Å². The van der Waals surface area contributed by atoms with Gasteiger partial charge in [0, 0.05) is 38.0 Å². The van der Waals surface area contributed by atoms with Crippen LogP contribution in [0.1, 0.15) is 39.0 Å². The van der Waals surface area contributed by atoms with E-state index in [0.29, 0.717) is 29.4 Å². The molecular weight excluding hydrogens is 422 g/mol. The van der Waals surface area contributed by atoms with E-state index in [9.17, 15) is 18.0 Å². The highest BCUT2D eigenvalue weighted by Gasteiger charge is 2.31. The highest BCUT2D eigenvalue weighted by atomic mass is 32.2. The van der Waals surface area contributed by atoms with Gasteiger partial charge in [0.1, 0.15) is 0 Å². The van der Waals surface area contributed by atoms with Crippen LogP contribution in [0.15, 0.2) is 35.2 Å². The molecule has 0 saturated carbocycles. The Balaban J connectivity index is 1.38. The highest BCUT2D eigenvalue weighted by molar-refractivity contribution is 7.89. The van der Waals surface area contributed by atoms with Crippen LogP contribution in [0.4, 0.5) is 0 Å². The molecule has 1 aromatic carbocycles. The maximum atomic E-state index is 13.1. The number of carbonyl (C=O) groups is 2. The molecule has 1 N–H and O–H groups in total. The molecule has 2 heterocycles. The molecule has 0 bridgehead atoms. The van der Waals surface area contributed by atoms with E-state index >= 15 is 0 Å². The average Bonchev–Trinajstić information content (AvgIpc) is 3.40. The van der Waals surface area contributed by atoms with E-state index in [4.69, 9.17) is 0 Å². The molecule has 1 aliphatic carbocycles. The summed E-state index contributed by atoms with van der Waals surface area (Å²) in [5.74, 6) is -0.208. The number of hydrogen-bond acceptors (Lipinski definition) is 5. The van der Waals surface area contributed by atoms with Crippen LogP contribution in [0, 0.1) is 0 Å². The minimum atomic E-state index is -3.55. The van der Waals surface area contributed by atoms with E-state index < -0.39 is 10.0 Å². The van der Waals surface area contributed by atoms with Crippen molar-refractivity contribution in [3.63, 3.8) is 0 Å². The van der Waals surface area contributed by atoms with Gasteiger partial charge in [-0.15, -0.1) is 11.3 Å². The number of piperazine rings is 1. The summed E-state index contributed by atoms with van der Waals surface area (Å²) in [7, 11) is -3.55. The van der Waals surface area contributed by atoms with Gasteiger partial charge in [0.15, 0.2) is 0 Å². The van der Waals surface area contributed by atoms with Crippen LogP contribution >= 0.6 is 11.3 Å².